The summed E-state index contributed by atoms with van der Waals surface area (Å²) in [6, 6.07) is 2.84. The van der Waals surface area contributed by atoms with Crippen molar-refractivity contribution in [1.82, 2.24) is 15.3 Å². The Bertz CT molecular complexity index is 685. The molecule has 0 aliphatic heterocycles. The maximum Gasteiger partial charge on any atom is 0.289 e. The van der Waals surface area contributed by atoms with Crippen LogP contribution in [0, 0.1) is 11.6 Å². The number of carbonyl (C=O) groups excluding carboxylic acids is 1. The lowest BCUT2D eigenvalue weighted by molar-refractivity contribution is 0.0814. The van der Waals surface area contributed by atoms with E-state index in [1.54, 1.807) is 13.8 Å². The highest BCUT2D eigenvalue weighted by molar-refractivity contribution is 5.90. The zero-order chi connectivity index (χ0) is 17.0. The van der Waals surface area contributed by atoms with Crippen LogP contribution < -0.4 is 10.1 Å². The summed E-state index contributed by atoms with van der Waals surface area (Å²) in [5, 5.41) is 11.6. The highest BCUT2D eigenvalue weighted by Gasteiger charge is 2.22. The van der Waals surface area contributed by atoms with E-state index in [4.69, 9.17) is 9.84 Å². The van der Waals surface area contributed by atoms with Gasteiger partial charge in [-0.05, 0) is 13.8 Å². The van der Waals surface area contributed by atoms with Crippen LogP contribution >= 0.6 is 0 Å². The largest absolute Gasteiger partial charge is 0.505 e. The molecule has 1 heterocycles. The fourth-order valence-corrected chi connectivity index (χ4v) is 1.75. The molecule has 2 rings (SSSR count). The van der Waals surface area contributed by atoms with Crippen molar-refractivity contribution < 1.29 is 23.4 Å². The van der Waals surface area contributed by atoms with Gasteiger partial charge in [0.25, 0.3) is 5.91 Å². The molecule has 0 bridgehead atoms. The number of aromatic hydroxyl groups is 1. The fourth-order valence-electron chi connectivity index (χ4n) is 1.75. The van der Waals surface area contributed by atoms with Crippen LogP contribution in [-0.2, 0) is 0 Å². The van der Waals surface area contributed by atoms with E-state index in [9.17, 15) is 13.6 Å². The van der Waals surface area contributed by atoms with Crippen molar-refractivity contribution in [2.24, 2.45) is 0 Å². The predicted molar refractivity (Wildman–Crippen MR) is 77.1 cm³/mol. The minimum atomic E-state index is -0.924. The number of nitrogens with one attached hydrogen (secondary N) is 1. The van der Waals surface area contributed by atoms with Gasteiger partial charge in [0, 0.05) is 18.2 Å². The summed E-state index contributed by atoms with van der Waals surface area (Å²) in [7, 11) is 0. The lowest BCUT2D eigenvalue weighted by atomic mass is 10.1. The maximum absolute atomic E-state index is 13.1. The van der Waals surface area contributed by atoms with Gasteiger partial charge in [0.05, 0.1) is 18.9 Å². The molecular formula is C15H15F2N3O3. The number of nitrogens with zero attached hydrogens (tertiary/aromatic N) is 2. The Kier molecular flexibility index (Phi) is 4.73. The molecule has 0 unspecified atom stereocenters. The average Bonchev–Trinajstić information content (AvgIpc) is 2.44. The lowest BCUT2D eigenvalue weighted by Gasteiger charge is -2.26. The number of hydrogen-bond donors (Lipinski definition) is 2. The second-order valence-corrected chi connectivity index (χ2v) is 5.41. The molecule has 0 aliphatic carbocycles. The number of aromatic nitrogens is 2. The number of carbonyl (C=O) groups is 1. The molecule has 8 heteroatoms. The van der Waals surface area contributed by atoms with Gasteiger partial charge in [0.15, 0.2) is 5.75 Å². The Morgan fingerprint density at radius 1 is 1.22 bits per heavy atom. The second kappa shape index (κ2) is 6.55. The Balaban J connectivity index is 1.97. The third-order valence-electron chi connectivity index (χ3n) is 2.75. The summed E-state index contributed by atoms with van der Waals surface area (Å²) < 4.78 is 31.8. The highest BCUT2D eigenvalue weighted by Crippen LogP contribution is 2.20. The normalized spacial score (nSPS) is 11.1. The molecule has 0 saturated heterocycles. The number of rotatable bonds is 5. The van der Waals surface area contributed by atoms with E-state index in [-0.39, 0.29) is 23.9 Å². The number of amides is 1. The highest BCUT2D eigenvalue weighted by atomic mass is 19.1. The maximum atomic E-state index is 13.1. The van der Waals surface area contributed by atoms with Crippen molar-refractivity contribution >= 4 is 5.91 Å². The molecule has 0 aliphatic rings. The lowest BCUT2D eigenvalue weighted by Crippen LogP contribution is -2.43. The van der Waals surface area contributed by atoms with Gasteiger partial charge in [-0.2, -0.15) is 0 Å². The first-order valence-electron chi connectivity index (χ1n) is 6.69. The van der Waals surface area contributed by atoms with E-state index >= 15 is 0 Å². The SMILES string of the molecule is CC(C)(CNC(=O)c1ncc(O)cn1)Oc1cc(F)cc(F)c1. The third-order valence-corrected chi connectivity index (χ3v) is 2.75. The molecule has 0 fully saturated rings. The van der Waals surface area contributed by atoms with Gasteiger partial charge in [-0.25, -0.2) is 18.7 Å². The summed E-state index contributed by atoms with van der Waals surface area (Å²) in [5.74, 6) is -2.32. The van der Waals surface area contributed by atoms with Gasteiger partial charge in [-0.15, -0.1) is 0 Å². The molecule has 0 saturated carbocycles. The zero-order valence-corrected chi connectivity index (χ0v) is 12.5. The quantitative estimate of drug-likeness (QED) is 0.880. The minimum absolute atomic E-state index is 0.0163. The van der Waals surface area contributed by atoms with Crippen molar-refractivity contribution in [3.05, 3.63) is 48.1 Å². The van der Waals surface area contributed by atoms with Crippen LogP contribution in [0.2, 0.25) is 0 Å². The van der Waals surface area contributed by atoms with Gasteiger partial charge >= 0.3 is 0 Å². The molecule has 2 aromatic rings. The topological polar surface area (TPSA) is 84.3 Å². The average molecular weight is 323 g/mol. The van der Waals surface area contributed by atoms with Crippen LogP contribution in [-0.4, -0.2) is 33.1 Å². The first-order chi connectivity index (χ1) is 10.7. The van der Waals surface area contributed by atoms with Crippen LogP contribution in [0.5, 0.6) is 11.5 Å². The van der Waals surface area contributed by atoms with Crippen molar-refractivity contribution in [3.63, 3.8) is 0 Å². The van der Waals surface area contributed by atoms with Crippen LogP contribution in [0.1, 0.15) is 24.5 Å². The number of ether oxygens (including phenoxy) is 1. The van der Waals surface area contributed by atoms with Crippen molar-refractivity contribution in [1.29, 1.82) is 0 Å². The van der Waals surface area contributed by atoms with E-state index < -0.39 is 23.1 Å². The van der Waals surface area contributed by atoms with E-state index in [1.807, 2.05) is 0 Å². The van der Waals surface area contributed by atoms with Crippen molar-refractivity contribution in [3.8, 4) is 11.5 Å². The molecule has 2 N–H and O–H groups in total. The molecule has 6 nitrogen and oxygen atoms in total. The molecule has 1 aromatic heterocycles. The first-order valence-corrected chi connectivity index (χ1v) is 6.69. The molecule has 122 valence electrons. The van der Waals surface area contributed by atoms with Crippen LogP contribution in [0.15, 0.2) is 30.6 Å². The molecule has 0 spiro atoms. The van der Waals surface area contributed by atoms with Crippen LogP contribution in [0.25, 0.3) is 0 Å². The van der Waals surface area contributed by atoms with Gasteiger partial charge < -0.3 is 15.2 Å². The van der Waals surface area contributed by atoms with E-state index in [0.29, 0.717) is 0 Å². The molecular weight excluding hydrogens is 308 g/mol. The number of benzene rings is 1. The Hall–Kier alpha value is -2.77. The molecule has 0 radical (unpaired) electrons. The predicted octanol–water partition coefficient (Wildman–Crippen LogP) is 2.05. The summed E-state index contributed by atoms with van der Waals surface area (Å²) in [5.41, 5.74) is -0.924. The number of halogens is 2. The summed E-state index contributed by atoms with van der Waals surface area (Å²) >= 11 is 0. The van der Waals surface area contributed by atoms with E-state index in [2.05, 4.69) is 15.3 Å². The minimum Gasteiger partial charge on any atom is -0.505 e. The number of hydrogen-bond acceptors (Lipinski definition) is 5. The Morgan fingerprint density at radius 2 is 1.78 bits per heavy atom. The van der Waals surface area contributed by atoms with E-state index in [0.717, 1.165) is 30.6 Å². The third kappa shape index (κ3) is 4.87. The molecule has 0 atom stereocenters. The van der Waals surface area contributed by atoms with Gasteiger partial charge in [0.1, 0.15) is 23.0 Å². The summed E-state index contributed by atoms with van der Waals surface area (Å²) in [6.45, 7) is 3.34. The summed E-state index contributed by atoms with van der Waals surface area (Å²) in [4.78, 5) is 19.2. The van der Waals surface area contributed by atoms with Crippen LogP contribution in [0.4, 0.5) is 8.78 Å². The van der Waals surface area contributed by atoms with Gasteiger partial charge in [-0.1, -0.05) is 0 Å². The molecule has 1 amide bonds. The van der Waals surface area contributed by atoms with Gasteiger partial charge in [-0.3, -0.25) is 4.79 Å². The van der Waals surface area contributed by atoms with E-state index in [1.165, 1.54) is 0 Å². The second-order valence-electron chi connectivity index (χ2n) is 5.41. The monoisotopic (exact) mass is 323 g/mol. The smallest absolute Gasteiger partial charge is 0.289 e. The summed E-state index contributed by atoms with van der Waals surface area (Å²) in [6.07, 6.45) is 2.19. The standard InChI is InChI=1S/C15H15F2N3O3/c1-15(2,23-12-4-9(16)3-10(17)5-12)8-20-14(22)13-18-6-11(21)7-19-13/h3-7,21H,8H2,1-2H3,(H,20,22). The molecule has 23 heavy (non-hydrogen) atoms. The molecule has 1 aromatic carbocycles. The van der Waals surface area contributed by atoms with Gasteiger partial charge in [0.2, 0.25) is 5.82 Å². The van der Waals surface area contributed by atoms with Crippen molar-refractivity contribution in [2.75, 3.05) is 6.54 Å². The fraction of sp³-hybridized carbons (Fsp3) is 0.267. The van der Waals surface area contributed by atoms with Crippen molar-refractivity contribution in [2.45, 2.75) is 19.4 Å². The van der Waals surface area contributed by atoms with Crippen LogP contribution in [0.3, 0.4) is 0 Å². The zero-order valence-electron chi connectivity index (χ0n) is 12.5. The Labute approximate surface area is 131 Å². The Morgan fingerprint density at radius 3 is 2.35 bits per heavy atom. The first kappa shape index (κ1) is 16.6.